The van der Waals surface area contributed by atoms with Gasteiger partial charge in [0.25, 0.3) is 5.91 Å². The zero-order chi connectivity index (χ0) is 17.8. The Balaban J connectivity index is 1.65. The number of aryl methyl sites for hydroxylation is 1. The number of nitrogens with one attached hydrogen (secondary N) is 1. The van der Waals surface area contributed by atoms with Gasteiger partial charge in [-0.05, 0) is 43.6 Å². The fourth-order valence-corrected chi connectivity index (χ4v) is 2.48. The summed E-state index contributed by atoms with van der Waals surface area (Å²) >= 11 is 0. The van der Waals surface area contributed by atoms with Crippen molar-refractivity contribution in [2.24, 2.45) is 7.05 Å². The minimum absolute atomic E-state index is 0.0259. The van der Waals surface area contributed by atoms with Crippen LogP contribution in [0.4, 0.5) is 0 Å². The predicted octanol–water partition coefficient (Wildman–Crippen LogP) is 1.50. The molecule has 3 aromatic rings. The quantitative estimate of drug-likeness (QED) is 0.731. The number of carbonyl (C=O) groups is 1. The van der Waals surface area contributed by atoms with Crippen LogP contribution >= 0.6 is 0 Å². The Morgan fingerprint density at radius 1 is 1.28 bits per heavy atom. The maximum Gasteiger partial charge on any atom is 0.251 e. The summed E-state index contributed by atoms with van der Waals surface area (Å²) in [6.07, 6.45) is 1.63. The van der Waals surface area contributed by atoms with Crippen LogP contribution in [0.2, 0.25) is 0 Å². The third-order valence-electron chi connectivity index (χ3n) is 3.86. The van der Waals surface area contributed by atoms with Crippen molar-refractivity contribution in [1.82, 2.24) is 30.4 Å². The van der Waals surface area contributed by atoms with Crippen LogP contribution < -0.4 is 5.32 Å². The summed E-state index contributed by atoms with van der Waals surface area (Å²) in [5, 5.41) is 14.8. The highest BCUT2D eigenvalue weighted by atomic mass is 16.3. The van der Waals surface area contributed by atoms with E-state index < -0.39 is 0 Å². The average molecular weight is 340 g/mol. The van der Waals surface area contributed by atoms with Gasteiger partial charge in [0.05, 0.1) is 19.4 Å². The van der Waals surface area contributed by atoms with Crippen molar-refractivity contribution in [3.8, 4) is 11.4 Å². The monoisotopic (exact) mass is 340 g/mol. The molecule has 130 valence electrons. The summed E-state index contributed by atoms with van der Waals surface area (Å²) in [5.41, 5.74) is 1.39. The summed E-state index contributed by atoms with van der Waals surface area (Å²) in [5.74, 6) is 1.20. The number of amides is 1. The molecule has 1 aromatic carbocycles. The van der Waals surface area contributed by atoms with Crippen LogP contribution in [0.25, 0.3) is 11.4 Å². The van der Waals surface area contributed by atoms with Crippen molar-refractivity contribution in [1.29, 1.82) is 0 Å². The second-order valence-electron chi connectivity index (χ2n) is 5.88. The van der Waals surface area contributed by atoms with Gasteiger partial charge in [-0.2, -0.15) is 4.80 Å². The average Bonchev–Trinajstić information content (AvgIpc) is 3.27. The number of rotatable bonds is 6. The van der Waals surface area contributed by atoms with Crippen molar-refractivity contribution in [3.05, 3.63) is 54.0 Å². The molecule has 2 heterocycles. The number of carbonyl (C=O) groups excluding carboxylic acids is 1. The SMILES string of the molecule is CN(C)[C@@H](CNC(=O)c1ccc(-c2nnn(C)n2)cc1)c1ccco1. The Kier molecular flexibility index (Phi) is 4.90. The molecule has 1 atom stereocenters. The molecule has 25 heavy (non-hydrogen) atoms. The van der Waals surface area contributed by atoms with Gasteiger partial charge in [0.2, 0.25) is 5.82 Å². The van der Waals surface area contributed by atoms with Gasteiger partial charge in [-0.25, -0.2) is 0 Å². The molecular weight excluding hydrogens is 320 g/mol. The third kappa shape index (κ3) is 3.92. The lowest BCUT2D eigenvalue weighted by Gasteiger charge is -2.22. The summed E-state index contributed by atoms with van der Waals surface area (Å²) in [4.78, 5) is 15.8. The number of furan rings is 1. The van der Waals surface area contributed by atoms with E-state index in [1.54, 1.807) is 25.4 Å². The third-order valence-corrected chi connectivity index (χ3v) is 3.86. The van der Waals surface area contributed by atoms with Crippen LogP contribution in [0, 0.1) is 0 Å². The smallest absolute Gasteiger partial charge is 0.251 e. The molecule has 0 aliphatic rings. The first-order chi connectivity index (χ1) is 12.0. The summed E-state index contributed by atoms with van der Waals surface area (Å²) in [6.45, 7) is 0.451. The highest BCUT2D eigenvalue weighted by Gasteiger charge is 2.18. The van der Waals surface area contributed by atoms with Crippen LogP contribution in [0.3, 0.4) is 0 Å². The second kappa shape index (κ2) is 7.27. The molecule has 0 radical (unpaired) electrons. The van der Waals surface area contributed by atoms with E-state index in [1.165, 1.54) is 4.80 Å². The maximum atomic E-state index is 12.4. The molecular formula is C17H20N6O2. The van der Waals surface area contributed by atoms with Gasteiger partial charge < -0.3 is 9.73 Å². The molecule has 0 spiro atoms. The Morgan fingerprint density at radius 3 is 2.60 bits per heavy atom. The lowest BCUT2D eigenvalue weighted by molar-refractivity contribution is 0.0939. The van der Waals surface area contributed by atoms with Gasteiger partial charge in [0.15, 0.2) is 0 Å². The summed E-state index contributed by atoms with van der Waals surface area (Å²) in [6, 6.07) is 10.8. The molecule has 1 N–H and O–H groups in total. The van der Waals surface area contributed by atoms with Crippen molar-refractivity contribution in [2.45, 2.75) is 6.04 Å². The normalized spacial score (nSPS) is 12.3. The van der Waals surface area contributed by atoms with Gasteiger partial charge >= 0.3 is 0 Å². The number of tetrazole rings is 1. The Labute approximate surface area is 145 Å². The largest absolute Gasteiger partial charge is 0.468 e. The zero-order valence-electron chi connectivity index (χ0n) is 14.4. The Bertz CT molecular complexity index is 823. The van der Waals surface area contributed by atoms with Crippen molar-refractivity contribution in [2.75, 3.05) is 20.6 Å². The first kappa shape index (κ1) is 16.8. The standard InChI is InChI=1S/C17H20N6O2/c1-22(2)14(15-5-4-10-25-15)11-18-17(24)13-8-6-12(7-9-13)16-19-21-23(3)20-16/h4-10,14H,11H2,1-3H3,(H,18,24)/t14-/m0/s1. The Hall–Kier alpha value is -3.00. The van der Waals surface area contributed by atoms with Crippen LogP contribution in [0.5, 0.6) is 0 Å². The maximum absolute atomic E-state index is 12.4. The minimum atomic E-state index is -0.142. The molecule has 0 unspecified atom stereocenters. The molecule has 0 saturated carbocycles. The van der Waals surface area contributed by atoms with Gasteiger partial charge in [-0.1, -0.05) is 12.1 Å². The van der Waals surface area contributed by atoms with Gasteiger partial charge in [0, 0.05) is 17.7 Å². The molecule has 0 fully saturated rings. The molecule has 0 aliphatic heterocycles. The van der Waals surface area contributed by atoms with E-state index in [9.17, 15) is 4.79 Å². The number of nitrogens with zero attached hydrogens (tertiary/aromatic N) is 5. The number of benzene rings is 1. The molecule has 8 nitrogen and oxygen atoms in total. The summed E-state index contributed by atoms with van der Waals surface area (Å²) in [7, 11) is 5.60. The fraction of sp³-hybridized carbons (Fsp3) is 0.294. The first-order valence-corrected chi connectivity index (χ1v) is 7.87. The van der Waals surface area contributed by atoms with Gasteiger partial charge in [-0.3, -0.25) is 9.69 Å². The van der Waals surface area contributed by atoms with Crippen molar-refractivity contribution in [3.63, 3.8) is 0 Å². The predicted molar refractivity (Wildman–Crippen MR) is 91.7 cm³/mol. The van der Waals surface area contributed by atoms with E-state index in [0.29, 0.717) is 17.9 Å². The lowest BCUT2D eigenvalue weighted by Crippen LogP contribution is -2.34. The van der Waals surface area contributed by atoms with Crippen molar-refractivity contribution >= 4 is 5.91 Å². The molecule has 1 amide bonds. The van der Waals surface area contributed by atoms with Gasteiger partial charge in [-0.15, -0.1) is 10.2 Å². The van der Waals surface area contributed by atoms with Crippen molar-refractivity contribution < 1.29 is 9.21 Å². The molecule has 0 saturated heterocycles. The highest BCUT2D eigenvalue weighted by Crippen LogP contribution is 2.18. The Morgan fingerprint density at radius 2 is 2.04 bits per heavy atom. The molecule has 2 aromatic heterocycles. The fourth-order valence-electron chi connectivity index (χ4n) is 2.48. The number of aromatic nitrogens is 4. The van der Waals surface area contributed by atoms with E-state index in [-0.39, 0.29) is 11.9 Å². The van der Waals surface area contributed by atoms with Crippen LogP contribution in [-0.2, 0) is 7.05 Å². The van der Waals surface area contributed by atoms with E-state index in [2.05, 4.69) is 20.7 Å². The minimum Gasteiger partial charge on any atom is -0.468 e. The molecule has 8 heteroatoms. The van der Waals surface area contributed by atoms with Crippen LogP contribution in [0.15, 0.2) is 47.1 Å². The van der Waals surface area contributed by atoms with E-state index >= 15 is 0 Å². The molecule has 3 rings (SSSR count). The molecule has 0 aliphatic carbocycles. The number of hydrogen-bond acceptors (Lipinski definition) is 6. The van der Waals surface area contributed by atoms with E-state index in [1.807, 2.05) is 43.3 Å². The lowest BCUT2D eigenvalue weighted by atomic mass is 10.1. The number of likely N-dealkylation sites (N-methyl/N-ethyl adjacent to an activating group) is 1. The first-order valence-electron chi connectivity index (χ1n) is 7.87. The van der Waals surface area contributed by atoms with Crippen LogP contribution in [0.1, 0.15) is 22.2 Å². The van der Waals surface area contributed by atoms with E-state index in [0.717, 1.165) is 11.3 Å². The second-order valence-corrected chi connectivity index (χ2v) is 5.88. The topological polar surface area (TPSA) is 89.1 Å². The van der Waals surface area contributed by atoms with Crippen LogP contribution in [-0.4, -0.2) is 51.7 Å². The van der Waals surface area contributed by atoms with E-state index in [4.69, 9.17) is 4.42 Å². The zero-order valence-corrected chi connectivity index (χ0v) is 14.4. The van der Waals surface area contributed by atoms with Gasteiger partial charge in [0.1, 0.15) is 5.76 Å². The highest BCUT2D eigenvalue weighted by molar-refractivity contribution is 5.94. The number of hydrogen-bond donors (Lipinski definition) is 1. The summed E-state index contributed by atoms with van der Waals surface area (Å²) < 4.78 is 5.45. The molecule has 0 bridgehead atoms.